The number of aryl methyl sites for hydroxylation is 2. The number of hydrogen-bond donors (Lipinski definition) is 3. The Hall–Kier alpha value is -7.99. The number of benzene rings is 4. The fourth-order valence-electron chi connectivity index (χ4n) is 5.47. The molecule has 302 valence electrons. The zero-order chi connectivity index (χ0) is 42.2. The van der Waals surface area contributed by atoms with Crippen LogP contribution >= 0.6 is 0 Å². The minimum absolute atomic E-state index is 0.0608. The topological polar surface area (TPSA) is 225 Å². The van der Waals surface area contributed by atoms with Crippen LogP contribution in [0.3, 0.4) is 0 Å². The summed E-state index contributed by atoms with van der Waals surface area (Å²) in [6, 6.07) is 24.6. The van der Waals surface area contributed by atoms with E-state index in [-0.39, 0.29) is 53.8 Å². The van der Waals surface area contributed by atoms with Crippen LogP contribution in [-0.4, -0.2) is 66.0 Å². The van der Waals surface area contributed by atoms with Crippen molar-refractivity contribution >= 4 is 17.6 Å². The number of nitrogens with zero attached hydrogens (tertiary/aromatic N) is 6. The van der Waals surface area contributed by atoms with Crippen molar-refractivity contribution in [3.8, 4) is 45.7 Å². The molecule has 60 heavy (non-hydrogen) atoms. The number of amides is 2. The third-order valence-electron chi connectivity index (χ3n) is 8.52. The summed E-state index contributed by atoms with van der Waals surface area (Å²) < 4.78 is 46.6. The second-order valence-corrected chi connectivity index (χ2v) is 12.9. The molecule has 18 heteroatoms. The minimum atomic E-state index is -1.07. The van der Waals surface area contributed by atoms with Gasteiger partial charge in [-0.25, -0.2) is 18.7 Å². The third-order valence-corrected chi connectivity index (χ3v) is 8.52. The molecule has 0 spiro atoms. The number of hydrogen-bond acceptors (Lipinski definition) is 14. The van der Waals surface area contributed by atoms with Crippen LogP contribution in [0.1, 0.15) is 54.8 Å². The van der Waals surface area contributed by atoms with Crippen molar-refractivity contribution in [1.82, 2.24) is 40.9 Å². The van der Waals surface area contributed by atoms with Crippen molar-refractivity contribution in [2.24, 2.45) is 0 Å². The van der Waals surface area contributed by atoms with Crippen LogP contribution in [0.15, 0.2) is 127 Å². The second-order valence-electron chi connectivity index (χ2n) is 12.9. The molecule has 0 aliphatic carbocycles. The Kier molecular flexibility index (Phi) is 12.1. The molecule has 0 bridgehead atoms. The number of nitrogens with one attached hydrogen (secondary N) is 2. The quantitative estimate of drug-likeness (QED) is 0.108. The van der Waals surface area contributed by atoms with Crippen molar-refractivity contribution in [3.63, 3.8) is 0 Å². The predicted octanol–water partition coefficient (Wildman–Crippen LogP) is 6.75. The number of oxazole rings is 2. The number of aliphatic hydroxyl groups excluding tert-OH is 1. The highest BCUT2D eigenvalue weighted by atomic mass is 19.1. The first-order valence-corrected chi connectivity index (χ1v) is 18.0. The molecule has 8 aromatic rings. The number of aromatic nitrogens is 6. The number of halogens is 2. The molecule has 2 amide bonds. The standard InChI is InChI=1S/C21H17FN4O4.C21H15FN4O4/c2*1-12-24-19(26-30-12)14-3-2-4-15(9-14)20(28)23-10-18(27)17-11-29-21(25-17)13-5-7-16(22)8-6-13/h2-9,11,18,27H,10H2,1H3,(H,23,28);2-9,11H,10H2,1H3,(H,23,28). The molecule has 1 atom stereocenters. The summed E-state index contributed by atoms with van der Waals surface area (Å²) >= 11 is 0. The van der Waals surface area contributed by atoms with Crippen LogP contribution in [-0.2, 0) is 0 Å². The van der Waals surface area contributed by atoms with Crippen molar-refractivity contribution in [2.45, 2.75) is 20.0 Å². The Labute approximate surface area is 338 Å². The van der Waals surface area contributed by atoms with E-state index in [2.05, 4.69) is 40.9 Å². The maximum Gasteiger partial charge on any atom is 0.251 e. The molecular weight excluding hydrogens is 783 g/mol. The first-order valence-electron chi connectivity index (χ1n) is 18.0. The number of aliphatic hydroxyl groups is 1. The summed E-state index contributed by atoms with van der Waals surface area (Å²) in [6.07, 6.45) is 1.43. The Morgan fingerprint density at radius 3 is 1.65 bits per heavy atom. The van der Waals surface area contributed by atoms with Gasteiger partial charge in [-0.3, -0.25) is 14.4 Å². The lowest BCUT2D eigenvalue weighted by Gasteiger charge is -2.09. The Morgan fingerprint density at radius 2 is 1.13 bits per heavy atom. The molecule has 4 aromatic carbocycles. The summed E-state index contributed by atoms with van der Waals surface area (Å²) in [5, 5.41) is 23.2. The molecular formula is C42H32F2N8O8. The van der Waals surface area contributed by atoms with E-state index in [1.807, 2.05) is 0 Å². The molecule has 8 rings (SSSR count). The van der Waals surface area contributed by atoms with E-state index in [1.165, 1.54) is 61.1 Å². The van der Waals surface area contributed by atoms with E-state index in [1.54, 1.807) is 62.4 Å². The summed E-state index contributed by atoms with van der Waals surface area (Å²) in [5.41, 5.74) is 3.41. The minimum Gasteiger partial charge on any atom is -0.444 e. The number of carbonyl (C=O) groups is 3. The van der Waals surface area contributed by atoms with Crippen LogP contribution < -0.4 is 10.6 Å². The van der Waals surface area contributed by atoms with Gasteiger partial charge in [0, 0.05) is 53.8 Å². The fraction of sp³-hybridized carbons (Fsp3) is 0.119. The zero-order valence-corrected chi connectivity index (χ0v) is 31.6. The second kappa shape index (κ2) is 18.1. The van der Waals surface area contributed by atoms with E-state index in [9.17, 15) is 28.3 Å². The van der Waals surface area contributed by atoms with Crippen molar-refractivity contribution in [3.05, 3.63) is 156 Å². The third kappa shape index (κ3) is 9.93. The summed E-state index contributed by atoms with van der Waals surface area (Å²) in [7, 11) is 0. The van der Waals surface area contributed by atoms with Gasteiger partial charge >= 0.3 is 0 Å². The Morgan fingerprint density at radius 1 is 0.633 bits per heavy atom. The van der Waals surface area contributed by atoms with Gasteiger partial charge in [0.15, 0.2) is 0 Å². The van der Waals surface area contributed by atoms with Crippen LogP contribution in [0.5, 0.6) is 0 Å². The van der Waals surface area contributed by atoms with Crippen LogP contribution in [0.4, 0.5) is 8.78 Å². The average Bonchev–Trinajstić information content (AvgIpc) is 4.11. The van der Waals surface area contributed by atoms with Gasteiger partial charge in [-0.15, -0.1) is 0 Å². The van der Waals surface area contributed by atoms with Gasteiger partial charge in [-0.1, -0.05) is 34.6 Å². The van der Waals surface area contributed by atoms with E-state index >= 15 is 0 Å². The number of Topliss-reactive ketones (excluding diaryl/α,β-unsaturated/α-hetero) is 1. The van der Waals surface area contributed by atoms with E-state index in [0.717, 1.165) is 0 Å². The molecule has 16 nitrogen and oxygen atoms in total. The fourth-order valence-corrected chi connectivity index (χ4v) is 5.47. The van der Waals surface area contributed by atoms with E-state index in [0.29, 0.717) is 56.8 Å². The highest BCUT2D eigenvalue weighted by Gasteiger charge is 2.19. The molecule has 0 saturated carbocycles. The van der Waals surface area contributed by atoms with Gasteiger partial charge < -0.3 is 33.6 Å². The molecule has 0 aliphatic heterocycles. The van der Waals surface area contributed by atoms with Crippen LogP contribution in [0.2, 0.25) is 0 Å². The maximum atomic E-state index is 13.0. The first kappa shape index (κ1) is 40.2. The SMILES string of the molecule is Cc1nc(-c2cccc(C(=O)NCC(=O)c3coc(-c4ccc(F)cc4)n3)c2)no1.Cc1nc(-c2cccc(C(=O)NCC(O)c3coc(-c4ccc(F)cc4)n3)c2)no1. The zero-order valence-electron chi connectivity index (χ0n) is 31.6. The molecule has 0 aliphatic rings. The summed E-state index contributed by atoms with van der Waals surface area (Å²) in [5.74, 6) is 0.0401. The first-order chi connectivity index (χ1) is 29.0. The Balaban J connectivity index is 0.000000181. The van der Waals surface area contributed by atoms with Gasteiger partial charge in [0.25, 0.3) is 11.8 Å². The molecule has 3 N–H and O–H groups in total. The lowest BCUT2D eigenvalue weighted by Crippen LogP contribution is -2.29. The average molecular weight is 815 g/mol. The lowest BCUT2D eigenvalue weighted by atomic mass is 10.1. The lowest BCUT2D eigenvalue weighted by molar-refractivity contribution is 0.0902. The Bertz CT molecular complexity index is 2760. The smallest absolute Gasteiger partial charge is 0.251 e. The number of ketones is 1. The largest absolute Gasteiger partial charge is 0.444 e. The summed E-state index contributed by atoms with van der Waals surface area (Å²) in [4.78, 5) is 53.8. The molecule has 0 fully saturated rings. The van der Waals surface area contributed by atoms with Gasteiger partial charge in [0.1, 0.15) is 41.7 Å². The van der Waals surface area contributed by atoms with Crippen LogP contribution in [0.25, 0.3) is 45.7 Å². The predicted molar refractivity (Wildman–Crippen MR) is 207 cm³/mol. The number of rotatable bonds is 12. The normalized spacial score (nSPS) is 11.3. The van der Waals surface area contributed by atoms with Crippen LogP contribution in [0, 0.1) is 25.5 Å². The molecule has 4 heterocycles. The van der Waals surface area contributed by atoms with Gasteiger partial charge in [0.2, 0.25) is 41.0 Å². The number of carbonyl (C=O) groups excluding carboxylic acids is 3. The van der Waals surface area contributed by atoms with Crippen molar-refractivity contribution in [2.75, 3.05) is 13.1 Å². The van der Waals surface area contributed by atoms with E-state index < -0.39 is 17.8 Å². The highest BCUT2D eigenvalue weighted by molar-refractivity contribution is 6.01. The molecule has 0 radical (unpaired) electrons. The van der Waals surface area contributed by atoms with Gasteiger partial charge in [0.05, 0.1) is 6.54 Å². The highest BCUT2D eigenvalue weighted by Crippen LogP contribution is 2.23. The summed E-state index contributed by atoms with van der Waals surface area (Å²) in [6.45, 7) is 3.02. The van der Waals surface area contributed by atoms with Gasteiger partial charge in [-0.05, 0) is 72.8 Å². The maximum absolute atomic E-state index is 13.0. The van der Waals surface area contributed by atoms with Crippen molar-refractivity contribution in [1.29, 1.82) is 0 Å². The van der Waals surface area contributed by atoms with Gasteiger partial charge in [-0.2, -0.15) is 9.97 Å². The van der Waals surface area contributed by atoms with Crippen molar-refractivity contribution < 1.29 is 46.2 Å². The molecule has 0 saturated heterocycles. The molecule has 4 aromatic heterocycles. The molecule has 1 unspecified atom stereocenters. The van der Waals surface area contributed by atoms with E-state index in [4.69, 9.17) is 17.9 Å². The monoisotopic (exact) mass is 814 g/mol.